The van der Waals surface area contributed by atoms with Gasteiger partial charge < -0.3 is 5.73 Å². The van der Waals surface area contributed by atoms with Crippen molar-refractivity contribution in [2.75, 3.05) is 6.54 Å². The van der Waals surface area contributed by atoms with E-state index in [1.165, 1.54) is 11.3 Å². The summed E-state index contributed by atoms with van der Waals surface area (Å²) in [5, 5.41) is 1.75. The molecule has 0 saturated heterocycles. The predicted molar refractivity (Wildman–Crippen MR) is 66.9 cm³/mol. The lowest BCUT2D eigenvalue weighted by atomic mass is 10.1. The molecule has 3 N–H and O–H groups in total. The molecule has 1 rings (SSSR count). The standard InChI is InChI=1S/C10H18N2O2S2/c1-3-8(2)7-12-16(13,14)10-4-5-15-9(10)6-11/h4-5,8,12H,3,6-7,11H2,1-2H3. The SMILES string of the molecule is CCC(C)CNS(=O)(=O)c1ccsc1CN. The highest BCUT2D eigenvalue weighted by atomic mass is 32.2. The fourth-order valence-corrected chi connectivity index (χ4v) is 3.69. The van der Waals surface area contributed by atoms with E-state index in [0.29, 0.717) is 22.2 Å². The molecule has 16 heavy (non-hydrogen) atoms. The minimum atomic E-state index is -3.38. The first-order valence-corrected chi connectivity index (χ1v) is 7.63. The third kappa shape index (κ3) is 3.28. The second-order valence-electron chi connectivity index (χ2n) is 3.78. The molecule has 0 aliphatic carbocycles. The Labute approximate surface area is 101 Å². The van der Waals surface area contributed by atoms with Crippen LogP contribution in [0.15, 0.2) is 16.3 Å². The first-order chi connectivity index (χ1) is 7.51. The van der Waals surface area contributed by atoms with Gasteiger partial charge in [0.15, 0.2) is 0 Å². The van der Waals surface area contributed by atoms with Crippen molar-refractivity contribution in [3.63, 3.8) is 0 Å². The number of hydrogen-bond acceptors (Lipinski definition) is 4. The van der Waals surface area contributed by atoms with E-state index < -0.39 is 10.0 Å². The van der Waals surface area contributed by atoms with Crippen LogP contribution in [-0.4, -0.2) is 15.0 Å². The molecule has 1 atom stereocenters. The lowest BCUT2D eigenvalue weighted by Gasteiger charge is -2.10. The van der Waals surface area contributed by atoms with Crippen molar-refractivity contribution < 1.29 is 8.42 Å². The number of nitrogens with two attached hydrogens (primary N) is 1. The van der Waals surface area contributed by atoms with Crippen molar-refractivity contribution in [1.82, 2.24) is 4.72 Å². The largest absolute Gasteiger partial charge is 0.326 e. The van der Waals surface area contributed by atoms with Gasteiger partial charge in [-0.25, -0.2) is 13.1 Å². The van der Waals surface area contributed by atoms with E-state index in [2.05, 4.69) is 4.72 Å². The third-order valence-corrected chi connectivity index (χ3v) is 5.08. The van der Waals surface area contributed by atoms with Gasteiger partial charge in [-0.1, -0.05) is 20.3 Å². The Morgan fingerprint density at radius 2 is 2.25 bits per heavy atom. The Bertz CT molecular complexity index is 426. The normalized spacial score (nSPS) is 13.9. The van der Waals surface area contributed by atoms with Crippen molar-refractivity contribution in [2.24, 2.45) is 11.7 Å². The van der Waals surface area contributed by atoms with Gasteiger partial charge in [0.2, 0.25) is 10.0 Å². The van der Waals surface area contributed by atoms with Crippen LogP contribution >= 0.6 is 11.3 Å². The molecule has 1 unspecified atom stereocenters. The molecule has 1 heterocycles. The number of nitrogens with one attached hydrogen (secondary N) is 1. The van der Waals surface area contributed by atoms with Crippen LogP contribution < -0.4 is 10.5 Å². The van der Waals surface area contributed by atoms with Crippen molar-refractivity contribution in [3.8, 4) is 0 Å². The monoisotopic (exact) mass is 262 g/mol. The van der Waals surface area contributed by atoms with Gasteiger partial charge in [-0.05, 0) is 17.4 Å². The molecular weight excluding hydrogens is 244 g/mol. The van der Waals surface area contributed by atoms with Gasteiger partial charge in [-0.3, -0.25) is 0 Å². The summed E-state index contributed by atoms with van der Waals surface area (Å²) in [5.74, 6) is 0.342. The molecule has 0 radical (unpaired) electrons. The summed E-state index contributed by atoms with van der Waals surface area (Å²) in [6, 6.07) is 1.60. The van der Waals surface area contributed by atoms with E-state index in [-0.39, 0.29) is 6.54 Å². The van der Waals surface area contributed by atoms with Gasteiger partial charge in [0.25, 0.3) is 0 Å². The number of thiophene rings is 1. The molecule has 0 aliphatic rings. The van der Waals surface area contributed by atoms with Crippen LogP contribution in [0.5, 0.6) is 0 Å². The van der Waals surface area contributed by atoms with Crippen LogP contribution in [0.25, 0.3) is 0 Å². The zero-order valence-electron chi connectivity index (χ0n) is 9.56. The molecular formula is C10H18N2O2S2. The second-order valence-corrected chi connectivity index (χ2v) is 6.51. The predicted octanol–water partition coefficient (Wildman–Crippen LogP) is 1.53. The van der Waals surface area contributed by atoms with Gasteiger partial charge in [0.1, 0.15) is 0 Å². The summed E-state index contributed by atoms with van der Waals surface area (Å²) in [7, 11) is -3.38. The molecule has 6 heteroatoms. The fourth-order valence-electron chi connectivity index (χ4n) is 1.19. The summed E-state index contributed by atoms with van der Waals surface area (Å²) >= 11 is 1.37. The Hall–Kier alpha value is -0.430. The third-order valence-electron chi connectivity index (χ3n) is 2.50. The van der Waals surface area contributed by atoms with Crippen molar-refractivity contribution >= 4 is 21.4 Å². The van der Waals surface area contributed by atoms with Gasteiger partial charge in [-0.2, -0.15) is 0 Å². The van der Waals surface area contributed by atoms with E-state index in [1.54, 1.807) is 11.4 Å². The first-order valence-electron chi connectivity index (χ1n) is 5.27. The maximum atomic E-state index is 11.9. The van der Waals surface area contributed by atoms with Gasteiger partial charge in [0.05, 0.1) is 4.90 Å². The summed E-state index contributed by atoms with van der Waals surface area (Å²) in [6.07, 6.45) is 0.954. The summed E-state index contributed by atoms with van der Waals surface area (Å²) in [5.41, 5.74) is 5.49. The van der Waals surface area contributed by atoms with Crippen LogP contribution in [0.1, 0.15) is 25.1 Å². The minimum absolute atomic E-state index is 0.261. The van der Waals surface area contributed by atoms with Crippen LogP contribution in [0, 0.1) is 5.92 Å². The van der Waals surface area contributed by atoms with Crippen molar-refractivity contribution in [1.29, 1.82) is 0 Å². The van der Waals surface area contributed by atoms with Crippen molar-refractivity contribution in [3.05, 3.63) is 16.3 Å². The van der Waals surface area contributed by atoms with E-state index in [9.17, 15) is 8.42 Å². The number of rotatable bonds is 6. The minimum Gasteiger partial charge on any atom is -0.326 e. The van der Waals surface area contributed by atoms with E-state index >= 15 is 0 Å². The molecule has 0 spiro atoms. The van der Waals surface area contributed by atoms with E-state index in [1.807, 2.05) is 13.8 Å². The molecule has 4 nitrogen and oxygen atoms in total. The van der Waals surface area contributed by atoms with Gasteiger partial charge >= 0.3 is 0 Å². The first kappa shape index (κ1) is 13.6. The summed E-state index contributed by atoms with van der Waals surface area (Å²) in [4.78, 5) is 1.03. The van der Waals surface area contributed by atoms with Crippen LogP contribution in [0.4, 0.5) is 0 Å². The summed E-state index contributed by atoms with van der Waals surface area (Å²) in [6.45, 7) is 4.78. The van der Waals surface area contributed by atoms with Gasteiger partial charge in [-0.15, -0.1) is 11.3 Å². The highest BCUT2D eigenvalue weighted by Crippen LogP contribution is 2.21. The zero-order valence-corrected chi connectivity index (χ0v) is 11.2. The number of hydrogen-bond donors (Lipinski definition) is 2. The molecule has 0 bridgehead atoms. The van der Waals surface area contributed by atoms with Crippen LogP contribution in [0.2, 0.25) is 0 Å². The average molecular weight is 262 g/mol. The summed E-state index contributed by atoms with van der Waals surface area (Å²) < 4.78 is 26.5. The highest BCUT2D eigenvalue weighted by molar-refractivity contribution is 7.89. The topological polar surface area (TPSA) is 72.2 Å². The highest BCUT2D eigenvalue weighted by Gasteiger charge is 2.19. The average Bonchev–Trinajstić information content (AvgIpc) is 2.74. The van der Waals surface area contributed by atoms with E-state index in [4.69, 9.17) is 5.73 Å². The maximum Gasteiger partial charge on any atom is 0.241 e. The van der Waals surface area contributed by atoms with E-state index in [0.717, 1.165) is 6.42 Å². The molecule has 0 amide bonds. The molecule has 0 saturated carbocycles. The maximum absolute atomic E-state index is 11.9. The van der Waals surface area contributed by atoms with Gasteiger partial charge in [0, 0.05) is 18.0 Å². The lowest BCUT2D eigenvalue weighted by molar-refractivity contribution is 0.528. The Morgan fingerprint density at radius 1 is 1.56 bits per heavy atom. The smallest absolute Gasteiger partial charge is 0.241 e. The molecule has 1 aromatic heterocycles. The van der Waals surface area contributed by atoms with Crippen molar-refractivity contribution in [2.45, 2.75) is 31.7 Å². The molecule has 0 aliphatic heterocycles. The molecule has 0 fully saturated rings. The molecule has 1 aromatic rings. The Kier molecular flexibility index (Phi) is 4.91. The zero-order chi connectivity index (χ0) is 12.2. The molecule has 0 aromatic carbocycles. The second kappa shape index (κ2) is 5.77. The Balaban J connectivity index is 2.78. The van der Waals surface area contributed by atoms with Crippen LogP contribution in [0.3, 0.4) is 0 Å². The Morgan fingerprint density at radius 3 is 2.81 bits per heavy atom. The van der Waals surface area contributed by atoms with Crippen LogP contribution in [-0.2, 0) is 16.6 Å². The number of sulfonamides is 1. The lowest BCUT2D eigenvalue weighted by Crippen LogP contribution is -2.28. The quantitative estimate of drug-likeness (QED) is 0.816. The fraction of sp³-hybridized carbons (Fsp3) is 0.600. The molecule has 92 valence electrons.